The number of fused-ring (bicyclic) bond motifs is 1. The molecule has 10 nitrogen and oxygen atoms in total. The third-order valence-electron chi connectivity index (χ3n) is 2.23. The van der Waals surface area contributed by atoms with Crippen molar-refractivity contribution >= 4 is 23.1 Å². The number of ether oxygens (including phenoxy) is 2. The summed E-state index contributed by atoms with van der Waals surface area (Å²) in [6.45, 7) is -6.87. The van der Waals surface area contributed by atoms with E-state index >= 15 is 0 Å². The number of rotatable bonds is 6. The number of esters is 1. The van der Waals surface area contributed by atoms with Crippen LogP contribution in [0.4, 0.5) is 5.95 Å². The van der Waals surface area contributed by atoms with Crippen LogP contribution in [0.5, 0.6) is 0 Å². The molecule has 0 aromatic carbocycles. The van der Waals surface area contributed by atoms with E-state index in [9.17, 15) is 14.7 Å². The van der Waals surface area contributed by atoms with Crippen LogP contribution in [0.15, 0.2) is 11.1 Å². The zero-order valence-corrected chi connectivity index (χ0v) is 10.8. The zero-order valence-electron chi connectivity index (χ0n) is 15.8. The maximum atomic E-state index is 11.7. The molecular formula is C11H15N5O5. The van der Waals surface area contributed by atoms with Crippen LogP contribution in [-0.2, 0) is 21.0 Å². The molecule has 0 amide bonds. The third kappa shape index (κ3) is 3.55. The van der Waals surface area contributed by atoms with Crippen molar-refractivity contribution in [2.75, 3.05) is 18.9 Å². The predicted octanol–water partition coefficient (Wildman–Crippen LogP) is -1.40. The van der Waals surface area contributed by atoms with Gasteiger partial charge in [0, 0.05) is 6.92 Å². The van der Waals surface area contributed by atoms with E-state index in [0.29, 0.717) is 0 Å². The van der Waals surface area contributed by atoms with Crippen LogP contribution >= 0.6 is 0 Å². The van der Waals surface area contributed by atoms with Crippen molar-refractivity contribution in [1.29, 1.82) is 0 Å². The molecule has 10 heteroatoms. The summed E-state index contributed by atoms with van der Waals surface area (Å²) in [7, 11) is 0. The minimum atomic E-state index is -3.58. The first-order valence-electron chi connectivity index (χ1n) is 8.05. The summed E-state index contributed by atoms with van der Waals surface area (Å²) in [5.74, 6) is -1.40. The molecule has 2 aromatic heterocycles. The van der Waals surface area contributed by atoms with E-state index in [1.807, 2.05) is 0 Å². The third-order valence-corrected chi connectivity index (χ3v) is 2.23. The summed E-state index contributed by atoms with van der Waals surface area (Å²) in [5.41, 5.74) is 4.55. The molecule has 0 aliphatic heterocycles. The number of aromatic amines is 1. The standard InChI is InChI=1S/C11H15N5O5/c1-6(18)20-3-7(2-17)21-5-16-4-13-8-9(16)14-11(12)15-10(8)19/h4,7,17H,2-3,5H2,1H3,(H3,12,14,15,19)/i2D2,3D2,7D. The highest BCUT2D eigenvalue weighted by atomic mass is 16.6. The van der Waals surface area contributed by atoms with Gasteiger partial charge in [0.2, 0.25) is 5.95 Å². The number of imidazole rings is 1. The second-order valence-electron chi connectivity index (χ2n) is 3.75. The van der Waals surface area contributed by atoms with Crippen molar-refractivity contribution < 1.29 is 26.2 Å². The molecule has 0 bridgehead atoms. The van der Waals surface area contributed by atoms with Gasteiger partial charge in [-0.2, -0.15) is 4.98 Å². The predicted molar refractivity (Wildman–Crippen MR) is 71.2 cm³/mol. The highest BCUT2D eigenvalue weighted by Crippen LogP contribution is 2.07. The van der Waals surface area contributed by atoms with E-state index < -0.39 is 37.5 Å². The van der Waals surface area contributed by atoms with Gasteiger partial charge in [0.1, 0.15) is 19.4 Å². The van der Waals surface area contributed by atoms with Crippen molar-refractivity contribution in [2.24, 2.45) is 0 Å². The van der Waals surface area contributed by atoms with Gasteiger partial charge in [0.05, 0.1) is 19.7 Å². The highest BCUT2D eigenvalue weighted by Gasteiger charge is 2.13. The van der Waals surface area contributed by atoms with Crippen molar-refractivity contribution in [3.8, 4) is 0 Å². The van der Waals surface area contributed by atoms with Gasteiger partial charge in [-0.3, -0.25) is 19.1 Å². The lowest BCUT2D eigenvalue weighted by molar-refractivity contribution is -0.147. The Kier molecular flexibility index (Phi) is 2.85. The number of H-pyrrole nitrogens is 1. The Labute approximate surface area is 125 Å². The molecule has 114 valence electrons. The number of nitrogens with zero attached hydrogens (tertiary/aromatic N) is 3. The second-order valence-corrected chi connectivity index (χ2v) is 3.75. The Hall–Kier alpha value is -2.46. The molecule has 0 aliphatic carbocycles. The molecule has 0 fully saturated rings. The topological polar surface area (TPSA) is 145 Å². The average molecular weight is 302 g/mol. The van der Waals surface area contributed by atoms with Crippen molar-refractivity contribution in [2.45, 2.75) is 19.7 Å². The summed E-state index contributed by atoms with van der Waals surface area (Å²) < 4.78 is 48.0. The van der Waals surface area contributed by atoms with Gasteiger partial charge in [0.25, 0.3) is 5.56 Å². The lowest BCUT2D eigenvalue weighted by atomic mass is 10.4. The molecule has 2 heterocycles. The first kappa shape index (κ1) is 9.47. The highest BCUT2D eigenvalue weighted by molar-refractivity contribution is 5.70. The van der Waals surface area contributed by atoms with Crippen molar-refractivity contribution in [3.05, 3.63) is 16.7 Å². The molecule has 0 radical (unpaired) electrons. The van der Waals surface area contributed by atoms with Crippen LogP contribution in [0.3, 0.4) is 0 Å². The minimum Gasteiger partial charge on any atom is -0.463 e. The fourth-order valence-corrected chi connectivity index (χ4v) is 1.40. The number of hydrogen-bond donors (Lipinski definition) is 3. The van der Waals surface area contributed by atoms with Crippen LogP contribution in [0.2, 0.25) is 0 Å². The van der Waals surface area contributed by atoms with Crippen LogP contribution in [0, 0.1) is 0 Å². The number of nitrogen functional groups attached to an aromatic ring is 1. The van der Waals surface area contributed by atoms with Crippen LogP contribution in [0.25, 0.3) is 11.2 Å². The Morgan fingerprint density at radius 2 is 2.52 bits per heavy atom. The summed E-state index contributed by atoms with van der Waals surface area (Å²) >= 11 is 0. The van der Waals surface area contributed by atoms with Gasteiger partial charge in [-0.15, -0.1) is 0 Å². The fraction of sp³-hybridized carbons (Fsp3) is 0.455. The van der Waals surface area contributed by atoms with Crippen LogP contribution < -0.4 is 11.3 Å². The Morgan fingerprint density at radius 3 is 3.19 bits per heavy atom. The molecule has 2 aromatic rings. The smallest absolute Gasteiger partial charge is 0.302 e. The Bertz CT molecular complexity index is 894. The first-order valence-corrected chi connectivity index (χ1v) is 5.55. The fourth-order valence-electron chi connectivity index (χ4n) is 1.40. The number of hydrogen-bond acceptors (Lipinski definition) is 8. The number of anilines is 1. The molecule has 4 N–H and O–H groups in total. The van der Waals surface area contributed by atoms with E-state index in [1.54, 1.807) is 0 Å². The summed E-state index contributed by atoms with van der Waals surface area (Å²) in [4.78, 5) is 32.5. The first-order chi connectivity index (χ1) is 11.8. The van der Waals surface area contributed by atoms with E-state index in [4.69, 9.17) is 17.3 Å². The normalized spacial score (nSPS) is 18.9. The Morgan fingerprint density at radius 1 is 1.76 bits per heavy atom. The largest absolute Gasteiger partial charge is 0.463 e. The second kappa shape index (κ2) is 6.33. The van der Waals surface area contributed by atoms with Crippen molar-refractivity contribution in [1.82, 2.24) is 19.5 Å². The monoisotopic (exact) mass is 302 g/mol. The molecule has 0 aliphatic rings. The van der Waals surface area contributed by atoms with Crippen LogP contribution in [0.1, 0.15) is 13.8 Å². The minimum absolute atomic E-state index is 0.0832. The summed E-state index contributed by atoms with van der Waals surface area (Å²) in [5, 5.41) is 9.59. The van der Waals surface area contributed by atoms with E-state index in [0.717, 1.165) is 17.8 Å². The number of nitrogens with one attached hydrogen (secondary N) is 1. The lowest BCUT2D eigenvalue weighted by Gasteiger charge is -2.15. The SMILES string of the molecule is [2H]C([2H])(O)C([2H])(OCn1cnc2c(=O)[nH]c(N)nc21)C([2H])([2H])OC(C)=O. The number of aliphatic hydroxyl groups is 1. The number of carbonyl (C=O) groups excluding carboxylic acids is 1. The van der Waals surface area contributed by atoms with E-state index in [-0.39, 0.29) is 17.1 Å². The van der Waals surface area contributed by atoms with E-state index in [1.165, 1.54) is 0 Å². The molecule has 2 rings (SSSR count). The van der Waals surface area contributed by atoms with Gasteiger partial charge in [-0.05, 0) is 0 Å². The molecule has 0 saturated carbocycles. The molecule has 21 heavy (non-hydrogen) atoms. The van der Waals surface area contributed by atoms with E-state index in [2.05, 4.69) is 19.7 Å². The summed E-state index contributed by atoms with van der Waals surface area (Å²) in [6, 6.07) is 0. The molecule has 1 atom stereocenters. The molecule has 1 unspecified atom stereocenters. The number of carbonyl (C=O) groups is 1. The van der Waals surface area contributed by atoms with Gasteiger partial charge in [-0.25, -0.2) is 4.98 Å². The summed E-state index contributed by atoms with van der Waals surface area (Å²) in [6.07, 6.45) is -2.32. The molecular weight excluding hydrogens is 282 g/mol. The van der Waals surface area contributed by atoms with Crippen LogP contribution in [-0.4, -0.2) is 49.8 Å². The zero-order chi connectivity index (χ0) is 19.9. The molecule has 0 spiro atoms. The number of nitrogens with two attached hydrogens (primary N) is 1. The van der Waals surface area contributed by atoms with Gasteiger partial charge in [-0.1, -0.05) is 0 Å². The van der Waals surface area contributed by atoms with Crippen molar-refractivity contribution in [3.63, 3.8) is 0 Å². The molecule has 0 saturated heterocycles. The lowest BCUT2D eigenvalue weighted by Crippen LogP contribution is -2.26. The average Bonchev–Trinajstić information content (AvgIpc) is 2.85. The van der Waals surface area contributed by atoms with Gasteiger partial charge in [0.15, 0.2) is 11.2 Å². The quantitative estimate of drug-likeness (QED) is 0.552. The van der Waals surface area contributed by atoms with Gasteiger partial charge < -0.3 is 20.3 Å². The van der Waals surface area contributed by atoms with Gasteiger partial charge >= 0.3 is 5.97 Å². The number of aromatic nitrogens is 4. The Balaban J connectivity index is 2.40. The maximum Gasteiger partial charge on any atom is 0.302 e. The maximum absolute atomic E-state index is 11.7.